The molecule has 0 radical (unpaired) electrons. The molecule has 1 aliphatic carbocycles. The average Bonchev–Trinajstić information content (AvgIpc) is 3.10. The number of amides is 1. The molecule has 1 saturated carbocycles. The Morgan fingerprint density at radius 2 is 1.79 bits per heavy atom. The average molecular weight is 460 g/mol. The standard InChI is InChI=1S/C29H37N3O2/c1-21-26(18-22-8-10-24(11-9-22)28(33)30-34)25-6-3-4-7-27(25)32(21)19-23-12-16-31(17-13-23)20-29(2)14-5-15-29/h3-4,6-11,23,34H,5,12-20H2,1-2H3,(H,30,33). The van der Waals surface area contributed by atoms with E-state index in [4.69, 9.17) is 5.21 Å². The topological polar surface area (TPSA) is 57.5 Å². The summed E-state index contributed by atoms with van der Waals surface area (Å²) in [5, 5.41) is 10.2. The Morgan fingerprint density at radius 1 is 1.09 bits per heavy atom. The molecule has 0 atom stereocenters. The van der Waals surface area contributed by atoms with E-state index in [-0.39, 0.29) is 0 Å². The van der Waals surface area contributed by atoms with Gasteiger partial charge in [-0.05, 0) is 92.8 Å². The zero-order valence-electron chi connectivity index (χ0n) is 20.5. The van der Waals surface area contributed by atoms with E-state index >= 15 is 0 Å². The van der Waals surface area contributed by atoms with Crippen molar-refractivity contribution in [1.82, 2.24) is 14.9 Å². The Morgan fingerprint density at radius 3 is 2.44 bits per heavy atom. The molecule has 0 bridgehead atoms. The van der Waals surface area contributed by atoms with Crippen LogP contribution in [0.5, 0.6) is 0 Å². The number of hydrogen-bond donors (Lipinski definition) is 2. The van der Waals surface area contributed by atoms with Crippen LogP contribution < -0.4 is 5.48 Å². The Kier molecular flexibility index (Phi) is 6.50. The first-order chi connectivity index (χ1) is 16.5. The number of rotatable bonds is 7. The predicted molar refractivity (Wildman–Crippen MR) is 136 cm³/mol. The summed E-state index contributed by atoms with van der Waals surface area (Å²) < 4.78 is 2.55. The van der Waals surface area contributed by atoms with Crippen LogP contribution in [-0.2, 0) is 13.0 Å². The fourth-order valence-electron chi connectivity index (χ4n) is 6.07. The lowest BCUT2D eigenvalue weighted by atomic mass is 9.70. The molecule has 2 fully saturated rings. The highest BCUT2D eigenvalue weighted by molar-refractivity contribution is 5.93. The van der Waals surface area contributed by atoms with Crippen LogP contribution in [0.4, 0.5) is 0 Å². The molecule has 2 N–H and O–H groups in total. The maximum absolute atomic E-state index is 11.6. The summed E-state index contributed by atoms with van der Waals surface area (Å²) in [5.41, 5.74) is 7.95. The largest absolute Gasteiger partial charge is 0.344 e. The van der Waals surface area contributed by atoms with E-state index < -0.39 is 5.91 Å². The van der Waals surface area contributed by atoms with Gasteiger partial charge in [-0.25, -0.2) is 5.48 Å². The number of carbonyl (C=O) groups excluding carboxylic acids is 1. The molecule has 0 unspecified atom stereocenters. The van der Waals surface area contributed by atoms with Crippen LogP contribution in [0.25, 0.3) is 10.9 Å². The highest BCUT2D eigenvalue weighted by Crippen LogP contribution is 2.41. The summed E-state index contributed by atoms with van der Waals surface area (Å²) in [6.45, 7) is 9.57. The molecule has 5 rings (SSSR count). The van der Waals surface area contributed by atoms with Crippen molar-refractivity contribution in [2.45, 2.75) is 58.9 Å². The van der Waals surface area contributed by atoms with Gasteiger partial charge in [0.25, 0.3) is 5.91 Å². The first-order valence-electron chi connectivity index (χ1n) is 12.8. The maximum Gasteiger partial charge on any atom is 0.274 e. The van der Waals surface area contributed by atoms with Crippen LogP contribution in [0, 0.1) is 18.3 Å². The first-order valence-corrected chi connectivity index (χ1v) is 12.8. The van der Waals surface area contributed by atoms with E-state index in [1.165, 1.54) is 79.5 Å². The Hall–Kier alpha value is -2.63. The van der Waals surface area contributed by atoms with Crippen molar-refractivity contribution in [2.75, 3.05) is 19.6 Å². The minimum atomic E-state index is -0.479. The number of nitrogens with one attached hydrogen (secondary N) is 1. The fourth-order valence-corrected chi connectivity index (χ4v) is 6.07. The molecule has 2 aromatic carbocycles. The van der Waals surface area contributed by atoms with Gasteiger partial charge in [0.2, 0.25) is 0 Å². The number of aromatic nitrogens is 1. The van der Waals surface area contributed by atoms with Gasteiger partial charge >= 0.3 is 0 Å². The molecule has 1 aromatic heterocycles. The summed E-state index contributed by atoms with van der Waals surface area (Å²) in [5.74, 6) is 0.247. The van der Waals surface area contributed by atoms with Gasteiger partial charge in [-0.2, -0.15) is 0 Å². The van der Waals surface area contributed by atoms with Gasteiger partial charge in [0, 0.05) is 35.2 Å². The monoisotopic (exact) mass is 459 g/mol. The number of carbonyl (C=O) groups is 1. The normalized spacial score (nSPS) is 18.7. The highest BCUT2D eigenvalue weighted by Gasteiger charge is 2.34. The van der Waals surface area contributed by atoms with Crippen LogP contribution in [0.15, 0.2) is 48.5 Å². The minimum absolute atomic E-state index is 0.461. The highest BCUT2D eigenvalue weighted by atomic mass is 16.5. The molecule has 3 aromatic rings. The lowest BCUT2D eigenvalue weighted by molar-refractivity contribution is 0.0618. The van der Waals surface area contributed by atoms with E-state index in [9.17, 15) is 4.79 Å². The molecule has 1 amide bonds. The van der Waals surface area contributed by atoms with Gasteiger partial charge in [-0.1, -0.05) is 43.7 Å². The van der Waals surface area contributed by atoms with E-state index in [1.807, 2.05) is 12.1 Å². The zero-order chi connectivity index (χ0) is 23.7. The molecule has 34 heavy (non-hydrogen) atoms. The number of fused-ring (bicyclic) bond motifs is 1. The maximum atomic E-state index is 11.6. The summed E-state index contributed by atoms with van der Waals surface area (Å²) in [4.78, 5) is 14.4. The first kappa shape index (κ1) is 23.1. The van der Waals surface area contributed by atoms with Crippen molar-refractivity contribution < 1.29 is 10.0 Å². The molecule has 0 spiro atoms. The van der Waals surface area contributed by atoms with Crippen molar-refractivity contribution in [3.8, 4) is 0 Å². The summed E-state index contributed by atoms with van der Waals surface area (Å²) in [7, 11) is 0. The zero-order valence-corrected chi connectivity index (χ0v) is 20.5. The van der Waals surface area contributed by atoms with Gasteiger partial charge < -0.3 is 9.47 Å². The van der Waals surface area contributed by atoms with Crippen LogP contribution in [0.2, 0.25) is 0 Å². The third kappa shape index (κ3) is 4.64. The molecule has 2 heterocycles. The molecular formula is C29H37N3O2. The van der Waals surface area contributed by atoms with Gasteiger partial charge in [-0.3, -0.25) is 10.0 Å². The van der Waals surface area contributed by atoms with Crippen LogP contribution >= 0.6 is 0 Å². The molecule has 5 heteroatoms. The number of piperidine rings is 1. The van der Waals surface area contributed by atoms with E-state index in [0.29, 0.717) is 11.0 Å². The van der Waals surface area contributed by atoms with Crippen molar-refractivity contribution in [2.24, 2.45) is 11.3 Å². The van der Waals surface area contributed by atoms with Crippen molar-refractivity contribution in [1.29, 1.82) is 0 Å². The third-order valence-corrected chi connectivity index (χ3v) is 8.37. The number of hydroxylamine groups is 1. The second-order valence-corrected chi connectivity index (χ2v) is 10.9. The molecular weight excluding hydrogens is 422 g/mol. The number of benzene rings is 2. The number of nitrogens with zero attached hydrogens (tertiary/aromatic N) is 2. The molecule has 5 nitrogen and oxygen atoms in total. The number of hydrogen-bond acceptors (Lipinski definition) is 3. The van der Waals surface area contributed by atoms with Gasteiger partial charge in [0.15, 0.2) is 0 Å². The van der Waals surface area contributed by atoms with E-state index in [0.717, 1.165) is 18.9 Å². The predicted octanol–water partition coefficient (Wildman–Crippen LogP) is 5.56. The minimum Gasteiger partial charge on any atom is -0.344 e. The van der Waals surface area contributed by atoms with Gasteiger partial charge in [0.05, 0.1) is 0 Å². The Balaban J connectivity index is 1.31. The number of likely N-dealkylation sites (tertiary alicyclic amines) is 1. The molecule has 1 saturated heterocycles. The fraction of sp³-hybridized carbons (Fsp3) is 0.483. The summed E-state index contributed by atoms with van der Waals surface area (Å²) in [6.07, 6.45) is 7.62. The summed E-state index contributed by atoms with van der Waals surface area (Å²) in [6, 6.07) is 16.3. The SMILES string of the molecule is Cc1c(Cc2ccc(C(=O)NO)cc2)c2ccccc2n1CC1CCN(CC2(C)CCC2)CC1. The van der Waals surface area contributed by atoms with Gasteiger partial charge in [0.1, 0.15) is 0 Å². The smallest absolute Gasteiger partial charge is 0.274 e. The number of para-hydroxylation sites is 1. The second-order valence-electron chi connectivity index (χ2n) is 10.9. The van der Waals surface area contributed by atoms with Crippen molar-refractivity contribution in [3.05, 3.63) is 70.9 Å². The van der Waals surface area contributed by atoms with Gasteiger partial charge in [-0.15, -0.1) is 0 Å². The quantitative estimate of drug-likeness (QED) is 0.359. The lowest BCUT2D eigenvalue weighted by Gasteiger charge is -2.44. The second kappa shape index (κ2) is 9.55. The molecule has 1 aliphatic heterocycles. The van der Waals surface area contributed by atoms with Crippen LogP contribution in [-0.4, -0.2) is 40.2 Å². The van der Waals surface area contributed by atoms with Crippen molar-refractivity contribution >= 4 is 16.8 Å². The van der Waals surface area contributed by atoms with E-state index in [2.05, 4.69) is 47.6 Å². The lowest BCUT2D eigenvalue weighted by Crippen LogP contribution is -2.44. The van der Waals surface area contributed by atoms with E-state index in [1.54, 1.807) is 17.6 Å². The Bertz CT molecular complexity index is 1150. The Labute approximate surface area is 202 Å². The molecule has 180 valence electrons. The summed E-state index contributed by atoms with van der Waals surface area (Å²) >= 11 is 0. The van der Waals surface area contributed by atoms with Crippen LogP contribution in [0.3, 0.4) is 0 Å². The molecule has 2 aliphatic rings. The van der Waals surface area contributed by atoms with Crippen LogP contribution in [0.1, 0.15) is 66.2 Å². The third-order valence-electron chi connectivity index (χ3n) is 8.37. The van der Waals surface area contributed by atoms with Crippen molar-refractivity contribution in [3.63, 3.8) is 0 Å².